The number of carboxylic acid groups (broad SMARTS) is 2. The first-order chi connectivity index (χ1) is 9.15. The molecule has 0 rings (SSSR count). The third-order valence-electron chi connectivity index (χ3n) is 3.21. The molecule has 3 heteroatoms. The van der Waals surface area contributed by atoms with Crippen LogP contribution in [-0.4, -0.2) is 16.4 Å². The number of rotatable bonds is 12. The van der Waals surface area contributed by atoms with Crippen LogP contribution in [-0.2, 0) is 0 Å². The quantitative estimate of drug-likeness (QED) is 0.409. The van der Waals surface area contributed by atoms with Crippen molar-refractivity contribution < 1.29 is 15.0 Å². The van der Waals surface area contributed by atoms with Gasteiger partial charge in [-0.2, -0.15) is 0 Å². The lowest BCUT2D eigenvalue weighted by Crippen LogP contribution is -1.82. The number of hydrogen-bond donors (Lipinski definition) is 2. The third-order valence-corrected chi connectivity index (χ3v) is 3.21. The van der Waals surface area contributed by atoms with E-state index in [0.29, 0.717) is 0 Å². The van der Waals surface area contributed by atoms with Gasteiger partial charge in [-0.3, -0.25) is 0 Å². The Morgan fingerprint density at radius 3 is 0.895 bits per heavy atom. The van der Waals surface area contributed by atoms with Crippen molar-refractivity contribution >= 4 is 6.16 Å². The molecule has 116 valence electrons. The predicted molar refractivity (Wildman–Crippen MR) is 82.0 cm³/mol. The summed E-state index contributed by atoms with van der Waals surface area (Å²) in [6, 6.07) is 0. The molecule has 0 aromatic carbocycles. The fourth-order valence-electron chi connectivity index (χ4n) is 2.09. The minimum atomic E-state index is -1.83. The molecule has 0 saturated carbocycles. The van der Waals surface area contributed by atoms with Crippen LogP contribution in [0.15, 0.2) is 0 Å². The summed E-state index contributed by atoms with van der Waals surface area (Å²) in [5, 5.41) is 13.9. The molecule has 0 spiro atoms. The number of unbranched alkanes of at least 4 members (excludes halogenated alkanes) is 12. The molecule has 0 bridgehead atoms. The maximum absolute atomic E-state index is 8.56. The van der Waals surface area contributed by atoms with Gasteiger partial charge >= 0.3 is 6.16 Å². The molecule has 0 fully saturated rings. The van der Waals surface area contributed by atoms with Gasteiger partial charge in [-0.1, -0.05) is 97.3 Å². The maximum Gasteiger partial charge on any atom is 0.503 e. The SMILES string of the molecule is CCCCCCCCCCCCCCC.O=C(O)O. The first-order valence-corrected chi connectivity index (χ1v) is 8.07. The summed E-state index contributed by atoms with van der Waals surface area (Å²) < 4.78 is 0. The largest absolute Gasteiger partial charge is 0.503 e. The fraction of sp³-hybridized carbons (Fsp3) is 0.938. The zero-order chi connectivity index (χ0) is 14.8. The Morgan fingerprint density at radius 1 is 0.579 bits per heavy atom. The average Bonchev–Trinajstić information content (AvgIpc) is 2.35. The highest BCUT2D eigenvalue weighted by Crippen LogP contribution is 2.12. The van der Waals surface area contributed by atoms with Crippen molar-refractivity contribution in [2.45, 2.75) is 97.3 Å². The summed E-state index contributed by atoms with van der Waals surface area (Å²) in [6.45, 7) is 4.58. The Morgan fingerprint density at radius 2 is 0.737 bits per heavy atom. The molecule has 0 heterocycles. The average molecular weight is 274 g/mol. The van der Waals surface area contributed by atoms with Gasteiger partial charge in [0.1, 0.15) is 0 Å². The van der Waals surface area contributed by atoms with Crippen LogP contribution < -0.4 is 0 Å². The molecule has 0 aromatic heterocycles. The highest BCUT2D eigenvalue weighted by Gasteiger charge is 1.92. The molecule has 3 nitrogen and oxygen atoms in total. The van der Waals surface area contributed by atoms with Gasteiger partial charge < -0.3 is 10.2 Å². The predicted octanol–water partition coefficient (Wildman–Crippen LogP) is 6.32. The minimum Gasteiger partial charge on any atom is -0.450 e. The van der Waals surface area contributed by atoms with E-state index in [1.54, 1.807) is 0 Å². The number of hydrogen-bond acceptors (Lipinski definition) is 1. The van der Waals surface area contributed by atoms with Crippen molar-refractivity contribution in [2.75, 3.05) is 0 Å². The lowest BCUT2D eigenvalue weighted by Gasteiger charge is -2.01. The van der Waals surface area contributed by atoms with Gasteiger partial charge in [0.05, 0.1) is 0 Å². The van der Waals surface area contributed by atoms with Crippen LogP contribution in [0.4, 0.5) is 4.79 Å². The van der Waals surface area contributed by atoms with E-state index in [4.69, 9.17) is 15.0 Å². The Balaban J connectivity index is 0. The molecule has 0 aliphatic carbocycles. The summed E-state index contributed by atoms with van der Waals surface area (Å²) in [5.41, 5.74) is 0. The van der Waals surface area contributed by atoms with Gasteiger partial charge in [0.25, 0.3) is 0 Å². The van der Waals surface area contributed by atoms with E-state index in [1.807, 2.05) is 0 Å². The van der Waals surface area contributed by atoms with Crippen molar-refractivity contribution in [1.29, 1.82) is 0 Å². The summed E-state index contributed by atoms with van der Waals surface area (Å²) in [4.78, 5) is 8.56. The van der Waals surface area contributed by atoms with Crippen LogP contribution in [0.2, 0.25) is 0 Å². The molecular weight excluding hydrogens is 240 g/mol. The molecule has 0 aromatic rings. The van der Waals surface area contributed by atoms with Crippen molar-refractivity contribution in [1.82, 2.24) is 0 Å². The van der Waals surface area contributed by atoms with E-state index in [2.05, 4.69) is 13.8 Å². The van der Waals surface area contributed by atoms with Crippen molar-refractivity contribution in [2.24, 2.45) is 0 Å². The van der Waals surface area contributed by atoms with E-state index in [0.717, 1.165) is 0 Å². The highest BCUT2D eigenvalue weighted by atomic mass is 16.6. The molecular formula is C16H34O3. The molecule has 19 heavy (non-hydrogen) atoms. The normalized spacial score (nSPS) is 9.79. The Kier molecular flexibility index (Phi) is 21.2. The van der Waals surface area contributed by atoms with E-state index >= 15 is 0 Å². The molecule has 0 aliphatic rings. The van der Waals surface area contributed by atoms with Gasteiger partial charge in [0.2, 0.25) is 0 Å². The van der Waals surface area contributed by atoms with Crippen molar-refractivity contribution in [3.05, 3.63) is 0 Å². The summed E-state index contributed by atoms with van der Waals surface area (Å²) in [7, 11) is 0. The monoisotopic (exact) mass is 274 g/mol. The van der Waals surface area contributed by atoms with E-state index in [1.165, 1.54) is 83.5 Å². The smallest absolute Gasteiger partial charge is 0.450 e. The molecule has 2 N–H and O–H groups in total. The van der Waals surface area contributed by atoms with Gasteiger partial charge in [-0.15, -0.1) is 0 Å². The van der Waals surface area contributed by atoms with E-state index in [9.17, 15) is 0 Å². The fourth-order valence-corrected chi connectivity index (χ4v) is 2.09. The van der Waals surface area contributed by atoms with E-state index < -0.39 is 6.16 Å². The minimum absolute atomic E-state index is 1.37. The molecule has 0 radical (unpaired) electrons. The van der Waals surface area contributed by atoms with Crippen LogP contribution in [0.1, 0.15) is 97.3 Å². The Hall–Kier alpha value is -0.730. The van der Waals surface area contributed by atoms with Gasteiger partial charge in [0, 0.05) is 0 Å². The second kappa shape index (κ2) is 19.6. The number of carbonyl (C=O) groups is 1. The second-order valence-electron chi connectivity index (χ2n) is 5.17. The molecule has 0 saturated heterocycles. The zero-order valence-corrected chi connectivity index (χ0v) is 13.0. The standard InChI is InChI=1S/C15H32.CH2O3/c1-3-5-7-9-11-13-15-14-12-10-8-6-4-2;2-1(3)4/h3-15H2,1-2H3;(H2,2,3,4). The molecule has 0 atom stereocenters. The molecule has 0 unspecified atom stereocenters. The van der Waals surface area contributed by atoms with Crippen LogP contribution in [0.25, 0.3) is 0 Å². The topological polar surface area (TPSA) is 57.5 Å². The zero-order valence-electron chi connectivity index (χ0n) is 13.0. The van der Waals surface area contributed by atoms with Gasteiger partial charge in [-0.25, -0.2) is 4.79 Å². The maximum atomic E-state index is 8.56. The second-order valence-corrected chi connectivity index (χ2v) is 5.17. The summed E-state index contributed by atoms with van der Waals surface area (Å²) in [5.74, 6) is 0. The van der Waals surface area contributed by atoms with Crippen LogP contribution in [0, 0.1) is 0 Å². The van der Waals surface area contributed by atoms with Crippen molar-refractivity contribution in [3.63, 3.8) is 0 Å². The van der Waals surface area contributed by atoms with Crippen LogP contribution >= 0.6 is 0 Å². The summed E-state index contributed by atoms with van der Waals surface area (Å²) in [6.07, 6.45) is 17.1. The molecule has 0 aliphatic heterocycles. The first kappa shape index (κ1) is 20.6. The molecule has 0 amide bonds. The Labute approximate surface area is 119 Å². The first-order valence-electron chi connectivity index (χ1n) is 8.07. The Bertz CT molecular complexity index is 153. The summed E-state index contributed by atoms with van der Waals surface area (Å²) >= 11 is 0. The van der Waals surface area contributed by atoms with Gasteiger partial charge in [0.15, 0.2) is 0 Å². The van der Waals surface area contributed by atoms with Crippen molar-refractivity contribution in [3.8, 4) is 0 Å². The van der Waals surface area contributed by atoms with Crippen LogP contribution in [0.3, 0.4) is 0 Å². The van der Waals surface area contributed by atoms with Gasteiger partial charge in [-0.05, 0) is 0 Å². The lowest BCUT2D eigenvalue weighted by atomic mass is 10.1. The highest BCUT2D eigenvalue weighted by molar-refractivity contribution is 5.53. The van der Waals surface area contributed by atoms with Crippen LogP contribution in [0.5, 0.6) is 0 Å². The van der Waals surface area contributed by atoms with E-state index in [-0.39, 0.29) is 0 Å². The third kappa shape index (κ3) is 31.7. The lowest BCUT2D eigenvalue weighted by molar-refractivity contribution is 0.137.